The minimum absolute atomic E-state index is 0.111. The Hall–Kier alpha value is -2.33. The number of nitrogens with one attached hydrogen (secondary N) is 1. The fourth-order valence-corrected chi connectivity index (χ4v) is 2.40. The zero-order valence-electron chi connectivity index (χ0n) is 11.0. The van der Waals surface area contributed by atoms with Gasteiger partial charge in [0, 0.05) is 22.1 Å². The number of hydrogen-bond acceptors (Lipinski definition) is 1. The Morgan fingerprint density at radius 3 is 2.81 bits per heavy atom. The summed E-state index contributed by atoms with van der Waals surface area (Å²) in [7, 11) is 0. The molecule has 5 heteroatoms. The molecule has 106 valence electrons. The van der Waals surface area contributed by atoms with E-state index >= 15 is 0 Å². The standard InChI is InChI=1S/C16H12ClFN2O/c17-12-5-6-15-11(9-12)7-8-20(15)10-16(21)19-14-4-2-1-3-13(14)18/h1-9H,10H2,(H,19,21). The van der Waals surface area contributed by atoms with Crippen LogP contribution in [0.25, 0.3) is 10.9 Å². The van der Waals surface area contributed by atoms with Crippen LogP contribution in [0.1, 0.15) is 0 Å². The van der Waals surface area contributed by atoms with Crippen molar-refractivity contribution in [1.82, 2.24) is 4.57 Å². The van der Waals surface area contributed by atoms with Gasteiger partial charge in [0.2, 0.25) is 5.91 Å². The first-order chi connectivity index (χ1) is 10.1. The molecule has 0 aliphatic heterocycles. The molecule has 0 unspecified atom stereocenters. The first-order valence-electron chi connectivity index (χ1n) is 6.42. The highest BCUT2D eigenvalue weighted by Crippen LogP contribution is 2.20. The summed E-state index contributed by atoms with van der Waals surface area (Å²) in [5.74, 6) is -0.734. The number of amides is 1. The Bertz CT molecular complexity index is 813. The topological polar surface area (TPSA) is 34.0 Å². The van der Waals surface area contributed by atoms with E-state index in [0.717, 1.165) is 10.9 Å². The highest BCUT2D eigenvalue weighted by atomic mass is 35.5. The number of carbonyl (C=O) groups excluding carboxylic acids is 1. The Balaban J connectivity index is 1.79. The molecule has 1 heterocycles. The molecule has 1 aromatic heterocycles. The minimum atomic E-state index is -0.449. The van der Waals surface area contributed by atoms with Crippen LogP contribution < -0.4 is 5.32 Å². The molecule has 0 aliphatic rings. The van der Waals surface area contributed by atoms with E-state index in [1.165, 1.54) is 12.1 Å². The molecular weight excluding hydrogens is 291 g/mol. The lowest BCUT2D eigenvalue weighted by Gasteiger charge is -2.08. The average Bonchev–Trinajstić information content (AvgIpc) is 2.83. The van der Waals surface area contributed by atoms with Gasteiger partial charge in [-0.25, -0.2) is 4.39 Å². The quantitative estimate of drug-likeness (QED) is 0.777. The molecule has 21 heavy (non-hydrogen) atoms. The number of carbonyl (C=O) groups is 1. The second-order valence-electron chi connectivity index (χ2n) is 4.67. The Labute approximate surface area is 125 Å². The first-order valence-corrected chi connectivity index (χ1v) is 6.80. The highest BCUT2D eigenvalue weighted by molar-refractivity contribution is 6.31. The molecule has 1 amide bonds. The molecule has 3 rings (SSSR count). The molecule has 1 N–H and O–H groups in total. The van der Waals surface area contributed by atoms with Gasteiger partial charge >= 0.3 is 0 Å². The number of hydrogen-bond donors (Lipinski definition) is 1. The van der Waals surface area contributed by atoms with Crippen LogP contribution in [0, 0.1) is 5.82 Å². The third-order valence-electron chi connectivity index (χ3n) is 3.19. The van der Waals surface area contributed by atoms with Gasteiger partial charge in [-0.1, -0.05) is 23.7 Å². The smallest absolute Gasteiger partial charge is 0.244 e. The number of anilines is 1. The monoisotopic (exact) mass is 302 g/mol. The number of aromatic nitrogens is 1. The van der Waals surface area contributed by atoms with E-state index in [0.29, 0.717) is 5.02 Å². The highest BCUT2D eigenvalue weighted by Gasteiger charge is 2.09. The molecule has 0 atom stereocenters. The van der Waals surface area contributed by atoms with Crippen LogP contribution in [-0.4, -0.2) is 10.5 Å². The zero-order valence-corrected chi connectivity index (χ0v) is 11.8. The predicted octanol–water partition coefficient (Wildman–Crippen LogP) is 4.07. The number of benzene rings is 2. The summed E-state index contributed by atoms with van der Waals surface area (Å²) in [4.78, 5) is 12.0. The van der Waals surface area contributed by atoms with Gasteiger partial charge in [0.1, 0.15) is 12.4 Å². The van der Waals surface area contributed by atoms with Gasteiger partial charge in [0.25, 0.3) is 0 Å². The molecule has 0 fully saturated rings. The summed E-state index contributed by atoms with van der Waals surface area (Å²) in [6.07, 6.45) is 1.81. The summed E-state index contributed by atoms with van der Waals surface area (Å²) >= 11 is 5.93. The van der Waals surface area contributed by atoms with E-state index in [1.807, 2.05) is 24.4 Å². The van der Waals surface area contributed by atoms with E-state index < -0.39 is 5.82 Å². The van der Waals surface area contributed by atoms with Crippen molar-refractivity contribution in [3.05, 3.63) is 65.6 Å². The summed E-state index contributed by atoms with van der Waals surface area (Å²) < 4.78 is 15.3. The van der Waals surface area contributed by atoms with Crippen LogP contribution >= 0.6 is 11.6 Å². The maximum Gasteiger partial charge on any atom is 0.244 e. The van der Waals surface area contributed by atoms with Crippen LogP contribution in [0.15, 0.2) is 54.7 Å². The predicted molar refractivity (Wildman–Crippen MR) is 82.0 cm³/mol. The summed E-state index contributed by atoms with van der Waals surface area (Å²) in [6, 6.07) is 13.4. The third-order valence-corrected chi connectivity index (χ3v) is 3.43. The van der Waals surface area contributed by atoms with Crippen molar-refractivity contribution < 1.29 is 9.18 Å². The van der Waals surface area contributed by atoms with Crippen molar-refractivity contribution in [3.63, 3.8) is 0 Å². The number of nitrogens with zero attached hydrogens (tertiary/aromatic N) is 1. The first kappa shape index (κ1) is 13.6. The van der Waals surface area contributed by atoms with Crippen molar-refractivity contribution in [1.29, 1.82) is 0 Å². The van der Waals surface area contributed by atoms with E-state index in [-0.39, 0.29) is 18.1 Å². The maximum absolute atomic E-state index is 13.5. The number of halogens is 2. The lowest BCUT2D eigenvalue weighted by molar-refractivity contribution is -0.116. The second kappa shape index (κ2) is 5.58. The van der Waals surface area contributed by atoms with Gasteiger partial charge in [0.05, 0.1) is 5.69 Å². The lowest BCUT2D eigenvalue weighted by atomic mass is 10.2. The molecule has 0 bridgehead atoms. The molecule has 0 spiro atoms. The van der Waals surface area contributed by atoms with Crippen molar-refractivity contribution in [2.75, 3.05) is 5.32 Å². The fraction of sp³-hybridized carbons (Fsp3) is 0.0625. The van der Waals surface area contributed by atoms with Crippen molar-refractivity contribution in [2.45, 2.75) is 6.54 Å². The molecule has 0 radical (unpaired) electrons. The summed E-state index contributed by atoms with van der Waals surface area (Å²) in [5, 5.41) is 4.17. The molecule has 0 saturated carbocycles. The van der Waals surface area contributed by atoms with Crippen LogP contribution in [0.3, 0.4) is 0 Å². The van der Waals surface area contributed by atoms with Crippen LogP contribution in [0.5, 0.6) is 0 Å². The summed E-state index contributed by atoms with van der Waals surface area (Å²) in [5.41, 5.74) is 1.09. The largest absolute Gasteiger partial charge is 0.338 e. The van der Waals surface area contributed by atoms with E-state index in [2.05, 4.69) is 5.32 Å². The van der Waals surface area contributed by atoms with Crippen molar-refractivity contribution in [3.8, 4) is 0 Å². The van der Waals surface area contributed by atoms with Crippen molar-refractivity contribution in [2.24, 2.45) is 0 Å². The molecule has 3 nitrogen and oxygen atoms in total. The number of rotatable bonds is 3. The SMILES string of the molecule is O=C(Cn1ccc2cc(Cl)ccc21)Nc1ccccc1F. The third kappa shape index (κ3) is 2.90. The Kier molecular flexibility index (Phi) is 3.62. The average molecular weight is 303 g/mol. The molecule has 2 aromatic carbocycles. The maximum atomic E-state index is 13.5. The zero-order chi connectivity index (χ0) is 14.8. The molecule has 0 aliphatic carbocycles. The number of para-hydroxylation sites is 1. The summed E-state index contributed by atoms with van der Waals surface area (Å²) in [6.45, 7) is 0.111. The molecule has 0 saturated heterocycles. The fourth-order valence-electron chi connectivity index (χ4n) is 2.22. The van der Waals surface area contributed by atoms with Gasteiger partial charge in [0.15, 0.2) is 0 Å². The van der Waals surface area contributed by atoms with Crippen LogP contribution in [0.2, 0.25) is 5.02 Å². The van der Waals surface area contributed by atoms with Gasteiger partial charge in [-0.05, 0) is 36.4 Å². The second-order valence-corrected chi connectivity index (χ2v) is 5.11. The van der Waals surface area contributed by atoms with Gasteiger partial charge in [-0.15, -0.1) is 0 Å². The Morgan fingerprint density at radius 1 is 1.19 bits per heavy atom. The molecular formula is C16H12ClFN2O. The van der Waals surface area contributed by atoms with E-state index in [1.54, 1.807) is 22.8 Å². The van der Waals surface area contributed by atoms with E-state index in [9.17, 15) is 9.18 Å². The lowest BCUT2D eigenvalue weighted by Crippen LogP contribution is -2.18. The number of fused-ring (bicyclic) bond motifs is 1. The Morgan fingerprint density at radius 2 is 2.00 bits per heavy atom. The normalized spacial score (nSPS) is 10.8. The van der Waals surface area contributed by atoms with Crippen LogP contribution in [0.4, 0.5) is 10.1 Å². The molecule has 3 aromatic rings. The van der Waals surface area contributed by atoms with Gasteiger partial charge in [-0.3, -0.25) is 4.79 Å². The minimum Gasteiger partial charge on any atom is -0.338 e. The van der Waals surface area contributed by atoms with Crippen LogP contribution in [-0.2, 0) is 11.3 Å². The van der Waals surface area contributed by atoms with Crippen molar-refractivity contribution >= 4 is 34.1 Å². The van der Waals surface area contributed by atoms with Gasteiger partial charge in [-0.2, -0.15) is 0 Å². The van der Waals surface area contributed by atoms with Gasteiger partial charge < -0.3 is 9.88 Å². The van der Waals surface area contributed by atoms with E-state index in [4.69, 9.17) is 11.6 Å².